The van der Waals surface area contributed by atoms with E-state index in [2.05, 4.69) is 4.98 Å². The lowest BCUT2D eigenvalue weighted by molar-refractivity contribution is 0.187. The van der Waals surface area contributed by atoms with E-state index in [-0.39, 0.29) is 12.7 Å². The van der Waals surface area contributed by atoms with Crippen molar-refractivity contribution in [1.29, 1.82) is 0 Å². The van der Waals surface area contributed by atoms with E-state index in [1.165, 1.54) is 0 Å². The van der Waals surface area contributed by atoms with Crippen LogP contribution in [0.2, 0.25) is 0 Å². The fraction of sp³-hybridized carbons (Fsp3) is 0.545. The van der Waals surface area contributed by atoms with Gasteiger partial charge in [-0.15, -0.1) is 0 Å². The standard InChI is InChI=1S/C11H18N2O2/c1-9(15)4-6-13(2)11-7-10(8-14)3-5-12-11/h3,5,7,9,14-15H,4,6,8H2,1-2H3. The van der Waals surface area contributed by atoms with Crippen LogP contribution in [0.25, 0.3) is 0 Å². The summed E-state index contributed by atoms with van der Waals surface area (Å²) in [6, 6.07) is 3.63. The molecular formula is C11H18N2O2. The maximum atomic E-state index is 9.16. The number of nitrogens with zero attached hydrogens (tertiary/aromatic N) is 2. The summed E-state index contributed by atoms with van der Waals surface area (Å²) in [5.41, 5.74) is 0.851. The molecule has 0 aromatic carbocycles. The summed E-state index contributed by atoms with van der Waals surface area (Å²) in [6.45, 7) is 2.55. The van der Waals surface area contributed by atoms with Gasteiger partial charge < -0.3 is 15.1 Å². The number of aliphatic hydroxyl groups is 2. The molecule has 84 valence electrons. The third-order valence-corrected chi connectivity index (χ3v) is 2.27. The lowest BCUT2D eigenvalue weighted by Crippen LogP contribution is -2.22. The molecule has 0 fully saturated rings. The lowest BCUT2D eigenvalue weighted by Gasteiger charge is -2.19. The highest BCUT2D eigenvalue weighted by Gasteiger charge is 2.04. The van der Waals surface area contributed by atoms with Crippen LogP contribution < -0.4 is 4.90 Å². The molecule has 1 aromatic rings. The predicted octanol–water partition coefficient (Wildman–Crippen LogP) is 0.781. The van der Waals surface area contributed by atoms with Crippen LogP contribution in [0.5, 0.6) is 0 Å². The van der Waals surface area contributed by atoms with Crippen molar-refractivity contribution < 1.29 is 10.2 Å². The van der Waals surface area contributed by atoms with Gasteiger partial charge in [0.1, 0.15) is 5.82 Å². The fourth-order valence-electron chi connectivity index (χ4n) is 1.26. The average Bonchev–Trinajstić information content (AvgIpc) is 2.26. The summed E-state index contributed by atoms with van der Waals surface area (Å²) in [6.07, 6.45) is 2.09. The molecule has 4 heteroatoms. The largest absolute Gasteiger partial charge is 0.393 e. The summed E-state index contributed by atoms with van der Waals surface area (Å²) >= 11 is 0. The van der Waals surface area contributed by atoms with Crippen LogP contribution in [-0.4, -0.2) is 34.9 Å². The van der Waals surface area contributed by atoms with Gasteiger partial charge in [-0.3, -0.25) is 0 Å². The number of hydrogen-bond acceptors (Lipinski definition) is 4. The zero-order chi connectivity index (χ0) is 11.3. The highest BCUT2D eigenvalue weighted by Crippen LogP contribution is 2.11. The Labute approximate surface area is 90.2 Å². The molecule has 0 spiro atoms. The van der Waals surface area contributed by atoms with Gasteiger partial charge in [0.15, 0.2) is 0 Å². The second kappa shape index (κ2) is 5.68. The quantitative estimate of drug-likeness (QED) is 0.754. The predicted molar refractivity (Wildman–Crippen MR) is 59.7 cm³/mol. The van der Waals surface area contributed by atoms with Crippen LogP contribution in [-0.2, 0) is 6.61 Å². The molecule has 1 unspecified atom stereocenters. The van der Waals surface area contributed by atoms with Crippen LogP contribution in [0.3, 0.4) is 0 Å². The first-order chi connectivity index (χ1) is 7.13. The molecule has 1 aromatic heterocycles. The number of aliphatic hydroxyl groups excluding tert-OH is 2. The van der Waals surface area contributed by atoms with Crippen molar-refractivity contribution in [1.82, 2.24) is 4.98 Å². The van der Waals surface area contributed by atoms with Gasteiger partial charge in [0.05, 0.1) is 12.7 Å². The number of aromatic nitrogens is 1. The third kappa shape index (κ3) is 3.85. The zero-order valence-electron chi connectivity index (χ0n) is 9.22. The van der Waals surface area contributed by atoms with Gasteiger partial charge >= 0.3 is 0 Å². The number of hydrogen-bond donors (Lipinski definition) is 2. The number of pyridine rings is 1. The summed E-state index contributed by atoms with van der Waals surface area (Å²) in [5.74, 6) is 0.821. The van der Waals surface area contributed by atoms with E-state index in [0.29, 0.717) is 6.42 Å². The van der Waals surface area contributed by atoms with Gasteiger partial charge in [-0.2, -0.15) is 0 Å². The first-order valence-electron chi connectivity index (χ1n) is 5.08. The summed E-state index contributed by atoms with van der Waals surface area (Å²) < 4.78 is 0. The molecule has 1 atom stereocenters. The molecule has 0 amide bonds. The highest BCUT2D eigenvalue weighted by atomic mass is 16.3. The average molecular weight is 210 g/mol. The Kier molecular flexibility index (Phi) is 4.52. The molecule has 0 saturated heterocycles. The van der Waals surface area contributed by atoms with Crippen LogP contribution in [0, 0.1) is 0 Å². The molecule has 2 N–H and O–H groups in total. The monoisotopic (exact) mass is 210 g/mol. The van der Waals surface area contributed by atoms with Crippen molar-refractivity contribution in [3.05, 3.63) is 23.9 Å². The van der Waals surface area contributed by atoms with E-state index in [9.17, 15) is 0 Å². The maximum absolute atomic E-state index is 9.16. The van der Waals surface area contributed by atoms with Crippen LogP contribution in [0.1, 0.15) is 18.9 Å². The molecule has 0 aliphatic heterocycles. The van der Waals surface area contributed by atoms with Gasteiger partial charge in [0.25, 0.3) is 0 Å². The Bertz CT molecular complexity index is 302. The topological polar surface area (TPSA) is 56.6 Å². The van der Waals surface area contributed by atoms with Crippen molar-refractivity contribution in [3.63, 3.8) is 0 Å². The van der Waals surface area contributed by atoms with E-state index in [1.54, 1.807) is 19.2 Å². The smallest absolute Gasteiger partial charge is 0.128 e. The second-order valence-corrected chi connectivity index (χ2v) is 3.74. The van der Waals surface area contributed by atoms with Gasteiger partial charge in [-0.1, -0.05) is 0 Å². The second-order valence-electron chi connectivity index (χ2n) is 3.74. The van der Waals surface area contributed by atoms with Gasteiger partial charge in [-0.25, -0.2) is 4.98 Å². The Hall–Kier alpha value is -1.13. The molecule has 0 radical (unpaired) electrons. The third-order valence-electron chi connectivity index (χ3n) is 2.27. The summed E-state index contributed by atoms with van der Waals surface area (Å²) in [4.78, 5) is 6.16. The van der Waals surface area contributed by atoms with Crippen molar-refractivity contribution in [3.8, 4) is 0 Å². The van der Waals surface area contributed by atoms with Crippen molar-refractivity contribution >= 4 is 5.82 Å². The van der Waals surface area contributed by atoms with Crippen LogP contribution >= 0.6 is 0 Å². The SMILES string of the molecule is CC(O)CCN(C)c1cc(CO)ccn1. The fourth-order valence-corrected chi connectivity index (χ4v) is 1.26. The van der Waals surface area contributed by atoms with E-state index in [1.807, 2.05) is 18.0 Å². The summed E-state index contributed by atoms with van der Waals surface area (Å²) in [7, 11) is 1.92. The minimum atomic E-state index is -0.298. The molecule has 1 heterocycles. The van der Waals surface area contributed by atoms with E-state index < -0.39 is 0 Å². The Morgan fingerprint density at radius 1 is 1.53 bits per heavy atom. The normalized spacial score (nSPS) is 12.5. The first kappa shape index (κ1) is 11.9. The molecule has 0 aliphatic carbocycles. The number of anilines is 1. The Morgan fingerprint density at radius 2 is 2.27 bits per heavy atom. The van der Waals surface area contributed by atoms with E-state index in [4.69, 9.17) is 10.2 Å². The van der Waals surface area contributed by atoms with Crippen molar-refractivity contribution in [2.45, 2.75) is 26.1 Å². The minimum absolute atomic E-state index is 0.0275. The zero-order valence-corrected chi connectivity index (χ0v) is 9.22. The molecule has 0 saturated carbocycles. The van der Waals surface area contributed by atoms with Crippen LogP contribution in [0.4, 0.5) is 5.82 Å². The van der Waals surface area contributed by atoms with E-state index >= 15 is 0 Å². The van der Waals surface area contributed by atoms with Crippen molar-refractivity contribution in [2.24, 2.45) is 0 Å². The van der Waals surface area contributed by atoms with Gasteiger partial charge in [0.2, 0.25) is 0 Å². The molecule has 0 bridgehead atoms. The van der Waals surface area contributed by atoms with Gasteiger partial charge in [-0.05, 0) is 31.0 Å². The Balaban J connectivity index is 2.60. The molecule has 15 heavy (non-hydrogen) atoms. The molecule has 1 rings (SSSR count). The van der Waals surface area contributed by atoms with Crippen LogP contribution in [0.15, 0.2) is 18.3 Å². The Morgan fingerprint density at radius 3 is 2.87 bits per heavy atom. The molecular weight excluding hydrogens is 192 g/mol. The molecule has 4 nitrogen and oxygen atoms in total. The summed E-state index contributed by atoms with van der Waals surface area (Å²) in [5, 5.41) is 18.1. The number of rotatable bonds is 5. The van der Waals surface area contributed by atoms with E-state index in [0.717, 1.165) is 17.9 Å². The first-order valence-corrected chi connectivity index (χ1v) is 5.08. The van der Waals surface area contributed by atoms with Gasteiger partial charge in [0, 0.05) is 19.8 Å². The van der Waals surface area contributed by atoms with Crippen molar-refractivity contribution in [2.75, 3.05) is 18.5 Å². The highest BCUT2D eigenvalue weighted by molar-refractivity contribution is 5.39. The maximum Gasteiger partial charge on any atom is 0.128 e. The molecule has 0 aliphatic rings. The lowest BCUT2D eigenvalue weighted by atomic mass is 10.2. The minimum Gasteiger partial charge on any atom is -0.393 e.